The summed E-state index contributed by atoms with van der Waals surface area (Å²) in [4.78, 5) is 2.04. The van der Waals surface area contributed by atoms with Crippen LogP contribution >= 0.6 is 11.6 Å². The molecule has 0 spiro atoms. The van der Waals surface area contributed by atoms with Gasteiger partial charge in [-0.05, 0) is 19.1 Å². The Kier molecular flexibility index (Phi) is 7.16. The molecule has 108 valence electrons. The number of anilines is 1. The van der Waals surface area contributed by atoms with Crippen LogP contribution in [0.5, 0.6) is 0 Å². The average molecular weight is 287 g/mol. The van der Waals surface area contributed by atoms with Crippen LogP contribution in [0.3, 0.4) is 0 Å². The zero-order valence-electron chi connectivity index (χ0n) is 11.8. The predicted octanol–water partition coefficient (Wildman–Crippen LogP) is 1.89. The first kappa shape index (κ1) is 16.2. The molecule has 0 saturated heterocycles. The number of hydrogen-bond acceptors (Lipinski definition) is 4. The van der Waals surface area contributed by atoms with Crippen molar-refractivity contribution in [3.05, 3.63) is 28.8 Å². The highest BCUT2D eigenvalue weighted by molar-refractivity contribution is 6.31. The molecule has 0 aromatic heterocycles. The maximum atomic E-state index is 9.27. The van der Waals surface area contributed by atoms with Crippen molar-refractivity contribution in [1.29, 1.82) is 0 Å². The molecule has 2 N–H and O–H groups in total. The third-order valence-electron chi connectivity index (χ3n) is 3.18. The van der Waals surface area contributed by atoms with Crippen LogP contribution in [-0.2, 0) is 11.3 Å². The Hall–Kier alpha value is -0.810. The van der Waals surface area contributed by atoms with Crippen LogP contribution in [0.4, 0.5) is 5.69 Å². The molecule has 0 radical (unpaired) electrons. The van der Waals surface area contributed by atoms with E-state index < -0.39 is 0 Å². The van der Waals surface area contributed by atoms with Crippen LogP contribution in [0.15, 0.2) is 18.2 Å². The number of aliphatic hydroxyl groups excluding tert-OH is 1. The van der Waals surface area contributed by atoms with Crippen LogP contribution in [-0.4, -0.2) is 45.1 Å². The summed E-state index contributed by atoms with van der Waals surface area (Å²) in [5.41, 5.74) is 2.09. The summed E-state index contributed by atoms with van der Waals surface area (Å²) in [5.74, 6) is 0. The molecule has 0 heterocycles. The Morgan fingerprint density at radius 3 is 2.84 bits per heavy atom. The molecule has 0 aliphatic rings. The summed E-state index contributed by atoms with van der Waals surface area (Å²) in [5, 5.41) is 13.3. The van der Waals surface area contributed by atoms with E-state index in [1.807, 2.05) is 37.1 Å². The lowest BCUT2D eigenvalue weighted by molar-refractivity contribution is 0.199. The number of benzene rings is 1. The highest BCUT2D eigenvalue weighted by Crippen LogP contribution is 2.27. The van der Waals surface area contributed by atoms with Crippen molar-refractivity contribution < 1.29 is 9.84 Å². The fourth-order valence-corrected chi connectivity index (χ4v) is 2.04. The van der Waals surface area contributed by atoms with Crippen molar-refractivity contribution >= 4 is 17.3 Å². The molecule has 1 aromatic carbocycles. The van der Waals surface area contributed by atoms with Gasteiger partial charge in [0.25, 0.3) is 0 Å². The van der Waals surface area contributed by atoms with Crippen molar-refractivity contribution in [1.82, 2.24) is 5.32 Å². The predicted molar refractivity (Wildman–Crippen MR) is 80.0 cm³/mol. The summed E-state index contributed by atoms with van der Waals surface area (Å²) in [6, 6.07) is 5.88. The van der Waals surface area contributed by atoms with E-state index in [0.717, 1.165) is 22.8 Å². The number of nitrogens with one attached hydrogen (secondary N) is 1. The molecule has 0 aliphatic heterocycles. The molecule has 0 bridgehead atoms. The van der Waals surface area contributed by atoms with E-state index in [-0.39, 0.29) is 12.6 Å². The van der Waals surface area contributed by atoms with Crippen LogP contribution in [0, 0.1) is 0 Å². The van der Waals surface area contributed by atoms with E-state index in [0.29, 0.717) is 13.2 Å². The second-order valence-corrected chi connectivity index (χ2v) is 4.96. The number of likely N-dealkylation sites (N-methyl/N-ethyl adjacent to an activating group) is 1. The van der Waals surface area contributed by atoms with Crippen LogP contribution in [0.2, 0.25) is 5.02 Å². The van der Waals surface area contributed by atoms with Gasteiger partial charge in [0, 0.05) is 49.6 Å². The molecule has 0 amide bonds. The van der Waals surface area contributed by atoms with Gasteiger partial charge in [0.1, 0.15) is 0 Å². The second kappa shape index (κ2) is 8.38. The topological polar surface area (TPSA) is 44.7 Å². The van der Waals surface area contributed by atoms with Crippen LogP contribution in [0.25, 0.3) is 0 Å². The first-order chi connectivity index (χ1) is 9.11. The maximum Gasteiger partial charge on any atom is 0.0632 e. The molecule has 0 fully saturated rings. The Bertz CT molecular complexity index is 388. The number of nitrogens with zero attached hydrogens (tertiary/aromatic N) is 1. The van der Waals surface area contributed by atoms with E-state index in [9.17, 15) is 5.11 Å². The summed E-state index contributed by atoms with van der Waals surface area (Å²) in [6.07, 6.45) is 0. The smallest absolute Gasteiger partial charge is 0.0632 e. The molecule has 0 aliphatic carbocycles. The zero-order chi connectivity index (χ0) is 14.3. The fourth-order valence-electron chi connectivity index (χ4n) is 1.80. The number of halogens is 1. The van der Waals surface area contributed by atoms with E-state index in [2.05, 4.69) is 5.32 Å². The Morgan fingerprint density at radius 2 is 2.21 bits per heavy atom. The van der Waals surface area contributed by atoms with Gasteiger partial charge in [-0.25, -0.2) is 0 Å². The minimum absolute atomic E-state index is 0.0520. The standard InChI is InChI=1S/C14H23ClN2O2/c1-11(10-18)17(2)14-6-4-5-13(15)12(14)9-16-7-8-19-3/h4-6,11,16,18H,7-10H2,1-3H3. The normalized spacial score (nSPS) is 12.5. The molecular weight excluding hydrogens is 264 g/mol. The highest BCUT2D eigenvalue weighted by Gasteiger charge is 2.14. The largest absolute Gasteiger partial charge is 0.394 e. The lowest BCUT2D eigenvalue weighted by Gasteiger charge is -2.28. The molecular formula is C14H23ClN2O2. The number of methoxy groups -OCH3 is 1. The van der Waals surface area contributed by atoms with Gasteiger partial charge in [-0.15, -0.1) is 0 Å². The van der Waals surface area contributed by atoms with Crippen LogP contribution in [0.1, 0.15) is 12.5 Å². The minimum Gasteiger partial charge on any atom is -0.394 e. The van der Waals surface area contributed by atoms with Crippen LogP contribution < -0.4 is 10.2 Å². The van der Waals surface area contributed by atoms with Crippen molar-refractivity contribution in [2.75, 3.05) is 38.8 Å². The first-order valence-electron chi connectivity index (χ1n) is 6.42. The summed E-state index contributed by atoms with van der Waals surface area (Å²) >= 11 is 6.27. The van der Waals surface area contributed by atoms with Gasteiger partial charge in [0.05, 0.1) is 13.2 Å². The Morgan fingerprint density at radius 1 is 1.47 bits per heavy atom. The van der Waals surface area contributed by atoms with Crippen molar-refractivity contribution in [2.24, 2.45) is 0 Å². The van der Waals surface area contributed by atoms with E-state index in [1.54, 1.807) is 7.11 Å². The molecule has 1 rings (SSSR count). The zero-order valence-corrected chi connectivity index (χ0v) is 12.6. The molecule has 1 atom stereocenters. The SMILES string of the molecule is COCCNCc1c(Cl)cccc1N(C)C(C)CO. The van der Waals surface area contributed by atoms with Crippen molar-refractivity contribution in [2.45, 2.75) is 19.5 Å². The summed E-state index contributed by atoms with van der Waals surface area (Å²) in [7, 11) is 3.64. The highest BCUT2D eigenvalue weighted by atomic mass is 35.5. The Labute approximate surface area is 120 Å². The number of ether oxygens (including phenoxy) is 1. The molecule has 5 heteroatoms. The van der Waals surface area contributed by atoms with Gasteiger partial charge < -0.3 is 20.1 Å². The monoisotopic (exact) mass is 286 g/mol. The van der Waals surface area contributed by atoms with E-state index in [4.69, 9.17) is 16.3 Å². The third kappa shape index (κ3) is 4.66. The third-order valence-corrected chi connectivity index (χ3v) is 3.54. The Balaban J connectivity index is 2.82. The van der Waals surface area contributed by atoms with Crippen molar-refractivity contribution in [3.8, 4) is 0 Å². The molecule has 1 aromatic rings. The quantitative estimate of drug-likeness (QED) is 0.717. The van der Waals surface area contributed by atoms with Crippen molar-refractivity contribution in [3.63, 3.8) is 0 Å². The minimum atomic E-state index is 0.0520. The number of rotatable bonds is 8. The van der Waals surface area contributed by atoms with Gasteiger partial charge in [-0.2, -0.15) is 0 Å². The lowest BCUT2D eigenvalue weighted by Crippen LogP contribution is -2.33. The average Bonchev–Trinajstić information content (AvgIpc) is 2.43. The number of hydrogen-bond donors (Lipinski definition) is 2. The van der Waals surface area contributed by atoms with Gasteiger partial charge in [-0.3, -0.25) is 0 Å². The molecule has 1 unspecified atom stereocenters. The molecule has 19 heavy (non-hydrogen) atoms. The number of aliphatic hydroxyl groups is 1. The van der Waals surface area contributed by atoms with Gasteiger partial charge in [0.2, 0.25) is 0 Å². The first-order valence-corrected chi connectivity index (χ1v) is 6.80. The van der Waals surface area contributed by atoms with Gasteiger partial charge in [-0.1, -0.05) is 17.7 Å². The molecule has 0 saturated carbocycles. The van der Waals surface area contributed by atoms with Gasteiger partial charge >= 0.3 is 0 Å². The fraction of sp³-hybridized carbons (Fsp3) is 0.571. The van der Waals surface area contributed by atoms with Gasteiger partial charge in [0.15, 0.2) is 0 Å². The maximum absolute atomic E-state index is 9.27. The summed E-state index contributed by atoms with van der Waals surface area (Å²) < 4.78 is 5.00. The van der Waals surface area contributed by atoms with E-state index >= 15 is 0 Å². The second-order valence-electron chi connectivity index (χ2n) is 4.55. The summed E-state index contributed by atoms with van der Waals surface area (Å²) in [6.45, 7) is 4.21. The van der Waals surface area contributed by atoms with E-state index in [1.165, 1.54) is 0 Å². The molecule has 4 nitrogen and oxygen atoms in total. The lowest BCUT2D eigenvalue weighted by atomic mass is 10.1.